The third kappa shape index (κ3) is 5.42. The van der Waals surface area contributed by atoms with E-state index in [9.17, 15) is 13.5 Å². The summed E-state index contributed by atoms with van der Waals surface area (Å²) in [5, 5.41) is 9.47. The Bertz CT molecular complexity index is 467. The van der Waals surface area contributed by atoms with Gasteiger partial charge in [-0.2, -0.15) is 0 Å². The second-order valence-electron chi connectivity index (χ2n) is 4.19. The van der Waals surface area contributed by atoms with Crippen LogP contribution in [0.4, 0.5) is 0 Å². The van der Waals surface area contributed by atoms with Crippen LogP contribution in [0, 0.1) is 0 Å². The van der Waals surface area contributed by atoms with Crippen LogP contribution >= 0.6 is 11.8 Å². The summed E-state index contributed by atoms with van der Waals surface area (Å²) < 4.78 is 22.6. The zero-order valence-corrected chi connectivity index (χ0v) is 12.4. The van der Waals surface area contributed by atoms with Gasteiger partial charge in [-0.25, -0.2) is 8.42 Å². The summed E-state index contributed by atoms with van der Waals surface area (Å²) in [5.41, 5.74) is 0.890. The minimum Gasteiger partial charge on any atom is -0.389 e. The fourth-order valence-electron chi connectivity index (χ4n) is 1.48. The molecule has 0 amide bonds. The third-order valence-corrected chi connectivity index (χ3v) is 5.52. The Labute approximate surface area is 114 Å². The van der Waals surface area contributed by atoms with Crippen LogP contribution in [-0.2, 0) is 9.84 Å². The molecule has 102 valence electrons. The summed E-state index contributed by atoms with van der Waals surface area (Å²) in [6.45, 7) is 3.41. The average Bonchev–Trinajstić information content (AvgIpc) is 2.35. The zero-order valence-electron chi connectivity index (χ0n) is 10.8. The molecule has 0 radical (unpaired) electrons. The van der Waals surface area contributed by atoms with Crippen LogP contribution in [0.2, 0.25) is 0 Å². The Kier molecular flexibility index (Phi) is 6.18. The maximum absolute atomic E-state index is 11.3. The Hall–Kier alpha value is -0.520. The number of thioether (sulfide) groups is 1. The summed E-state index contributed by atoms with van der Waals surface area (Å²) in [5.74, 6) is 1.25. The highest BCUT2D eigenvalue weighted by Gasteiger charge is 2.07. The molecule has 0 aliphatic rings. The van der Waals surface area contributed by atoms with E-state index in [1.165, 1.54) is 0 Å². The van der Waals surface area contributed by atoms with Crippen LogP contribution in [-0.4, -0.2) is 30.8 Å². The number of rotatable bonds is 7. The molecular weight excluding hydrogens is 268 g/mol. The van der Waals surface area contributed by atoms with E-state index < -0.39 is 15.9 Å². The molecule has 1 aromatic carbocycles. The van der Waals surface area contributed by atoms with Gasteiger partial charge in [-0.05, 0) is 36.8 Å². The lowest BCUT2D eigenvalue weighted by molar-refractivity contribution is 0.199. The number of hydrogen-bond acceptors (Lipinski definition) is 4. The Morgan fingerprint density at radius 3 is 2.72 bits per heavy atom. The second-order valence-corrected chi connectivity index (χ2v) is 7.83. The first-order valence-electron chi connectivity index (χ1n) is 6.06. The highest BCUT2D eigenvalue weighted by atomic mass is 32.2. The van der Waals surface area contributed by atoms with E-state index in [1.54, 1.807) is 25.6 Å². The van der Waals surface area contributed by atoms with Gasteiger partial charge in [-0.3, -0.25) is 0 Å². The van der Waals surface area contributed by atoms with Crippen LogP contribution in [0.5, 0.6) is 0 Å². The molecular formula is C13H20O3S2. The van der Waals surface area contributed by atoms with Crippen molar-refractivity contribution >= 4 is 21.6 Å². The lowest BCUT2D eigenvalue weighted by Crippen LogP contribution is -2.09. The summed E-state index contributed by atoms with van der Waals surface area (Å²) in [7, 11) is -2.85. The highest BCUT2D eigenvalue weighted by molar-refractivity contribution is 7.99. The van der Waals surface area contributed by atoms with Crippen molar-refractivity contribution in [2.75, 3.05) is 17.3 Å². The van der Waals surface area contributed by atoms with Gasteiger partial charge in [0.2, 0.25) is 0 Å². The molecule has 0 saturated heterocycles. The van der Waals surface area contributed by atoms with Crippen LogP contribution in [0.3, 0.4) is 0 Å². The van der Waals surface area contributed by atoms with Crippen molar-refractivity contribution in [3.8, 4) is 0 Å². The summed E-state index contributed by atoms with van der Waals surface area (Å²) in [6.07, 6.45) is 0.200. The molecule has 0 aliphatic heterocycles. The molecule has 0 saturated carbocycles. The van der Waals surface area contributed by atoms with Crippen molar-refractivity contribution in [3.63, 3.8) is 0 Å². The third-order valence-electron chi connectivity index (χ3n) is 2.65. The summed E-state index contributed by atoms with van der Waals surface area (Å²) in [4.78, 5) is 1.07. The van der Waals surface area contributed by atoms with Gasteiger partial charge in [0.25, 0.3) is 0 Å². The fourth-order valence-corrected chi connectivity index (χ4v) is 3.45. The summed E-state index contributed by atoms with van der Waals surface area (Å²) >= 11 is 1.63. The van der Waals surface area contributed by atoms with Crippen molar-refractivity contribution < 1.29 is 13.5 Å². The van der Waals surface area contributed by atoms with Gasteiger partial charge < -0.3 is 5.11 Å². The number of sulfone groups is 1. The zero-order chi connectivity index (χ0) is 13.6. The Balaban J connectivity index is 2.42. The van der Waals surface area contributed by atoms with E-state index in [0.29, 0.717) is 6.42 Å². The predicted molar refractivity (Wildman–Crippen MR) is 76.7 cm³/mol. The van der Waals surface area contributed by atoms with E-state index in [-0.39, 0.29) is 11.5 Å². The predicted octanol–water partition coefficient (Wildman–Crippen LogP) is 2.66. The van der Waals surface area contributed by atoms with Crippen molar-refractivity contribution in [2.45, 2.75) is 31.3 Å². The molecule has 0 bridgehead atoms. The molecule has 0 spiro atoms. The summed E-state index contributed by atoms with van der Waals surface area (Å²) in [6, 6.07) is 7.72. The largest absolute Gasteiger partial charge is 0.389 e. The fraction of sp³-hybridized carbons (Fsp3) is 0.538. The molecule has 0 aromatic heterocycles. The van der Waals surface area contributed by atoms with Crippen molar-refractivity contribution in [3.05, 3.63) is 29.8 Å². The quantitative estimate of drug-likeness (QED) is 0.619. The second kappa shape index (κ2) is 7.16. The molecule has 1 N–H and O–H groups in total. The Morgan fingerprint density at radius 1 is 1.39 bits per heavy atom. The number of aliphatic hydroxyl groups is 1. The highest BCUT2D eigenvalue weighted by Crippen LogP contribution is 2.23. The van der Waals surface area contributed by atoms with E-state index >= 15 is 0 Å². The number of hydrogen-bond donors (Lipinski definition) is 1. The average molecular weight is 288 g/mol. The van der Waals surface area contributed by atoms with Gasteiger partial charge in [-0.15, -0.1) is 11.8 Å². The van der Waals surface area contributed by atoms with Gasteiger partial charge in [0.15, 0.2) is 0 Å². The van der Waals surface area contributed by atoms with Gasteiger partial charge in [-0.1, -0.05) is 19.1 Å². The smallest absolute Gasteiger partial charge is 0.150 e. The topological polar surface area (TPSA) is 54.4 Å². The van der Waals surface area contributed by atoms with Crippen LogP contribution < -0.4 is 0 Å². The van der Waals surface area contributed by atoms with E-state index in [0.717, 1.165) is 16.2 Å². The SMILES string of the molecule is CCS(=O)(=O)CCCSc1cccc(C(C)O)c1. The van der Waals surface area contributed by atoms with Crippen LogP contribution in [0.1, 0.15) is 31.9 Å². The van der Waals surface area contributed by atoms with Crippen LogP contribution in [0.25, 0.3) is 0 Å². The van der Waals surface area contributed by atoms with Gasteiger partial charge in [0.05, 0.1) is 11.9 Å². The lowest BCUT2D eigenvalue weighted by Gasteiger charge is -2.07. The molecule has 1 aromatic rings. The molecule has 0 heterocycles. The van der Waals surface area contributed by atoms with Crippen molar-refractivity contribution in [2.24, 2.45) is 0 Å². The first-order valence-corrected chi connectivity index (χ1v) is 8.86. The molecule has 0 fully saturated rings. The minimum atomic E-state index is -2.85. The Morgan fingerprint density at radius 2 is 2.11 bits per heavy atom. The lowest BCUT2D eigenvalue weighted by atomic mass is 10.1. The van der Waals surface area contributed by atoms with E-state index in [1.807, 2.05) is 24.3 Å². The van der Waals surface area contributed by atoms with Crippen molar-refractivity contribution in [1.29, 1.82) is 0 Å². The maximum Gasteiger partial charge on any atom is 0.150 e. The van der Waals surface area contributed by atoms with Crippen molar-refractivity contribution in [1.82, 2.24) is 0 Å². The standard InChI is InChI=1S/C13H20O3S2/c1-3-18(15,16)9-5-8-17-13-7-4-6-12(10-13)11(2)14/h4,6-7,10-11,14H,3,5,8-9H2,1-2H3. The monoisotopic (exact) mass is 288 g/mol. The number of aliphatic hydroxyl groups excluding tert-OH is 1. The first kappa shape index (κ1) is 15.5. The molecule has 3 nitrogen and oxygen atoms in total. The molecule has 1 unspecified atom stereocenters. The molecule has 1 rings (SSSR count). The minimum absolute atomic E-state index is 0.217. The normalized spacial score (nSPS) is 13.5. The number of benzene rings is 1. The van der Waals surface area contributed by atoms with Gasteiger partial charge in [0.1, 0.15) is 9.84 Å². The van der Waals surface area contributed by atoms with E-state index in [4.69, 9.17) is 0 Å². The molecule has 1 atom stereocenters. The maximum atomic E-state index is 11.3. The molecule has 5 heteroatoms. The molecule has 0 aliphatic carbocycles. The first-order chi connectivity index (χ1) is 8.44. The van der Waals surface area contributed by atoms with Gasteiger partial charge >= 0.3 is 0 Å². The van der Waals surface area contributed by atoms with E-state index in [2.05, 4.69) is 0 Å². The van der Waals surface area contributed by atoms with Gasteiger partial charge in [0, 0.05) is 10.6 Å². The van der Waals surface area contributed by atoms with Crippen LogP contribution in [0.15, 0.2) is 29.2 Å². The molecule has 18 heavy (non-hydrogen) atoms.